The van der Waals surface area contributed by atoms with Gasteiger partial charge in [-0.25, -0.2) is 0 Å². The van der Waals surface area contributed by atoms with Crippen molar-refractivity contribution in [2.24, 2.45) is 0 Å². The Morgan fingerprint density at radius 1 is 0.900 bits per heavy atom. The van der Waals surface area contributed by atoms with Gasteiger partial charge >= 0.3 is 0 Å². The van der Waals surface area contributed by atoms with Crippen molar-refractivity contribution in [3.8, 4) is 5.75 Å². The Morgan fingerprint density at radius 3 is 2.50 bits per heavy atom. The van der Waals surface area contributed by atoms with Gasteiger partial charge in [0.15, 0.2) is 6.61 Å². The molecule has 2 aromatic carbocycles. The van der Waals surface area contributed by atoms with E-state index >= 15 is 0 Å². The normalized spacial score (nSPS) is 16.4. The van der Waals surface area contributed by atoms with Crippen molar-refractivity contribution in [2.45, 2.75) is 63.8 Å². The Morgan fingerprint density at radius 2 is 1.67 bits per heavy atom. The molecule has 30 heavy (non-hydrogen) atoms. The zero-order valence-electron chi connectivity index (χ0n) is 17.4. The van der Waals surface area contributed by atoms with Crippen LogP contribution in [0.15, 0.2) is 42.5 Å². The van der Waals surface area contributed by atoms with Crippen LogP contribution in [-0.2, 0) is 17.6 Å². The number of nitrogens with one attached hydrogen (secondary N) is 2. The third-order valence-corrected chi connectivity index (χ3v) is 6.08. The van der Waals surface area contributed by atoms with E-state index < -0.39 is 0 Å². The number of ether oxygens (including phenoxy) is 1. The van der Waals surface area contributed by atoms with Gasteiger partial charge in [0.25, 0.3) is 11.8 Å². The maximum Gasteiger partial charge on any atom is 0.262 e. The van der Waals surface area contributed by atoms with Gasteiger partial charge in [0.2, 0.25) is 0 Å². The zero-order chi connectivity index (χ0) is 20.8. The first-order valence-electron chi connectivity index (χ1n) is 11.1. The molecule has 0 aromatic heterocycles. The summed E-state index contributed by atoms with van der Waals surface area (Å²) in [5.74, 6) is 0.313. The number of carbonyl (C=O) groups is 2. The predicted octanol–water partition coefficient (Wildman–Crippen LogP) is 4.65. The van der Waals surface area contributed by atoms with E-state index in [9.17, 15) is 9.59 Å². The van der Waals surface area contributed by atoms with Crippen LogP contribution in [0, 0.1) is 0 Å². The topological polar surface area (TPSA) is 67.4 Å². The number of benzene rings is 2. The quantitative estimate of drug-likeness (QED) is 0.734. The SMILES string of the molecule is O=C(COc1ccc2c(c1)CCCC2)Nc1ccccc1C(=O)NC1CCCCC1. The van der Waals surface area contributed by atoms with E-state index in [4.69, 9.17) is 4.74 Å². The second-order valence-electron chi connectivity index (χ2n) is 8.33. The molecule has 2 aromatic rings. The van der Waals surface area contributed by atoms with Gasteiger partial charge in [0.05, 0.1) is 11.3 Å². The lowest BCUT2D eigenvalue weighted by Gasteiger charge is -2.23. The monoisotopic (exact) mass is 406 g/mol. The third kappa shape index (κ3) is 5.21. The van der Waals surface area contributed by atoms with Gasteiger partial charge in [-0.05, 0) is 73.9 Å². The average molecular weight is 407 g/mol. The van der Waals surface area contributed by atoms with Gasteiger partial charge in [-0.3, -0.25) is 9.59 Å². The molecule has 5 heteroatoms. The second-order valence-corrected chi connectivity index (χ2v) is 8.33. The summed E-state index contributed by atoms with van der Waals surface area (Å²) in [5.41, 5.74) is 3.72. The van der Waals surface area contributed by atoms with Crippen LogP contribution in [0.4, 0.5) is 5.69 Å². The highest BCUT2D eigenvalue weighted by atomic mass is 16.5. The zero-order valence-corrected chi connectivity index (χ0v) is 17.4. The molecule has 4 rings (SSSR count). The highest BCUT2D eigenvalue weighted by molar-refractivity contribution is 6.04. The van der Waals surface area contributed by atoms with Crippen molar-refractivity contribution in [1.82, 2.24) is 5.32 Å². The fourth-order valence-corrected chi connectivity index (χ4v) is 4.43. The number of para-hydroxylation sites is 1. The first-order chi connectivity index (χ1) is 14.7. The summed E-state index contributed by atoms with van der Waals surface area (Å²) in [4.78, 5) is 25.2. The Bertz CT molecular complexity index is 903. The van der Waals surface area contributed by atoms with Crippen LogP contribution in [0.3, 0.4) is 0 Å². The first kappa shape index (κ1) is 20.5. The number of hydrogen-bond donors (Lipinski definition) is 2. The third-order valence-electron chi connectivity index (χ3n) is 6.08. The molecule has 0 radical (unpaired) electrons. The Balaban J connectivity index is 1.34. The molecular formula is C25H30N2O3. The lowest BCUT2D eigenvalue weighted by molar-refractivity contribution is -0.118. The number of aryl methyl sites for hydroxylation is 2. The molecule has 0 bridgehead atoms. The lowest BCUT2D eigenvalue weighted by Crippen LogP contribution is -2.36. The van der Waals surface area contributed by atoms with Crippen LogP contribution >= 0.6 is 0 Å². The van der Waals surface area contributed by atoms with Crippen LogP contribution in [0.5, 0.6) is 5.75 Å². The molecule has 0 unspecified atom stereocenters. The Kier molecular flexibility index (Phi) is 6.67. The van der Waals surface area contributed by atoms with E-state index in [1.54, 1.807) is 12.1 Å². The van der Waals surface area contributed by atoms with Crippen molar-refractivity contribution in [3.63, 3.8) is 0 Å². The molecule has 0 saturated heterocycles. The van der Waals surface area contributed by atoms with E-state index in [0.717, 1.165) is 38.5 Å². The van der Waals surface area contributed by atoms with Gasteiger partial charge in [-0.2, -0.15) is 0 Å². The summed E-state index contributed by atoms with van der Waals surface area (Å²) in [5, 5.41) is 5.95. The largest absolute Gasteiger partial charge is 0.484 e. The van der Waals surface area contributed by atoms with Gasteiger partial charge in [-0.1, -0.05) is 37.5 Å². The molecule has 2 amide bonds. The van der Waals surface area contributed by atoms with Crippen LogP contribution in [0.1, 0.15) is 66.4 Å². The van der Waals surface area contributed by atoms with E-state index in [1.165, 1.54) is 30.4 Å². The van der Waals surface area contributed by atoms with Crippen molar-refractivity contribution >= 4 is 17.5 Å². The van der Waals surface area contributed by atoms with E-state index in [-0.39, 0.29) is 24.5 Å². The molecule has 2 aliphatic rings. The molecule has 0 aliphatic heterocycles. The molecule has 0 heterocycles. The number of fused-ring (bicyclic) bond motifs is 1. The summed E-state index contributed by atoms with van der Waals surface area (Å²) in [6, 6.07) is 13.4. The molecule has 0 spiro atoms. The maximum atomic E-state index is 12.7. The molecule has 158 valence electrons. The number of hydrogen-bond acceptors (Lipinski definition) is 3. The van der Waals surface area contributed by atoms with Crippen molar-refractivity contribution < 1.29 is 14.3 Å². The van der Waals surface area contributed by atoms with E-state index in [0.29, 0.717) is 17.0 Å². The van der Waals surface area contributed by atoms with Gasteiger partial charge in [0, 0.05) is 6.04 Å². The van der Waals surface area contributed by atoms with Crippen molar-refractivity contribution in [1.29, 1.82) is 0 Å². The van der Waals surface area contributed by atoms with Crippen molar-refractivity contribution in [2.75, 3.05) is 11.9 Å². The summed E-state index contributed by atoms with van der Waals surface area (Å²) >= 11 is 0. The maximum absolute atomic E-state index is 12.7. The van der Waals surface area contributed by atoms with Crippen LogP contribution in [0.25, 0.3) is 0 Å². The standard InChI is InChI=1S/C25H30N2O3/c28-24(17-30-21-15-14-18-8-4-5-9-19(18)16-21)27-23-13-7-6-12-22(23)25(29)26-20-10-2-1-3-11-20/h6-7,12-16,20H,1-5,8-11,17H2,(H,26,29)(H,27,28). The van der Waals surface area contributed by atoms with E-state index in [1.807, 2.05) is 24.3 Å². The number of carbonyl (C=O) groups excluding carboxylic acids is 2. The molecular weight excluding hydrogens is 376 g/mol. The summed E-state index contributed by atoms with van der Waals surface area (Å²) in [7, 11) is 0. The van der Waals surface area contributed by atoms with Crippen LogP contribution < -0.4 is 15.4 Å². The summed E-state index contributed by atoms with van der Waals surface area (Å²) < 4.78 is 5.72. The summed E-state index contributed by atoms with van der Waals surface area (Å²) in [6.07, 6.45) is 10.2. The van der Waals surface area contributed by atoms with E-state index in [2.05, 4.69) is 16.7 Å². The molecule has 2 N–H and O–H groups in total. The van der Waals surface area contributed by atoms with Crippen LogP contribution in [-0.4, -0.2) is 24.5 Å². The summed E-state index contributed by atoms with van der Waals surface area (Å²) in [6.45, 7) is -0.0859. The molecule has 0 atom stereocenters. The second kappa shape index (κ2) is 9.79. The smallest absolute Gasteiger partial charge is 0.262 e. The van der Waals surface area contributed by atoms with Gasteiger partial charge in [-0.15, -0.1) is 0 Å². The predicted molar refractivity (Wildman–Crippen MR) is 118 cm³/mol. The molecule has 1 fully saturated rings. The van der Waals surface area contributed by atoms with Gasteiger partial charge < -0.3 is 15.4 Å². The minimum Gasteiger partial charge on any atom is -0.484 e. The Labute approximate surface area is 178 Å². The molecule has 5 nitrogen and oxygen atoms in total. The minimum absolute atomic E-state index is 0.0859. The first-order valence-corrected chi connectivity index (χ1v) is 11.1. The van der Waals surface area contributed by atoms with Crippen molar-refractivity contribution in [3.05, 3.63) is 59.2 Å². The highest BCUT2D eigenvalue weighted by Gasteiger charge is 2.19. The lowest BCUT2D eigenvalue weighted by atomic mass is 9.92. The fourth-order valence-electron chi connectivity index (χ4n) is 4.43. The number of anilines is 1. The van der Waals surface area contributed by atoms with Gasteiger partial charge in [0.1, 0.15) is 5.75 Å². The fraction of sp³-hybridized carbons (Fsp3) is 0.440. The molecule has 1 saturated carbocycles. The minimum atomic E-state index is -0.273. The number of amides is 2. The molecule has 2 aliphatic carbocycles. The number of rotatable bonds is 6. The van der Waals surface area contributed by atoms with Crippen LogP contribution in [0.2, 0.25) is 0 Å². The average Bonchev–Trinajstić information content (AvgIpc) is 2.78. The highest BCUT2D eigenvalue weighted by Crippen LogP contribution is 2.25. The Hall–Kier alpha value is -2.82.